The zero-order chi connectivity index (χ0) is 19.8. The highest BCUT2D eigenvalue weighted by atomic mass is 16.5. The maximum absolute atomic E-state index is 13.2. The van der Waals surface area contributed by atoms with Crippen LogP contribution in [0.4, 0.5) is 0 Å². The minimum absolute atomic E-state index is 0.0897. The van der Waals surface area contributed by atoms with Crippen LogP contribution in [0.15, 0.2) is 24.3 Å². The highest BCUT2D eigenvalue weighted by molar-refractivity contribution is 5.95. The predicted molar refractivity (Wildman–Crippen MR) is 105 cm³/mol. The number of fused-ring (bicyclic) bond motifs is 2. The second-order valence-electron chi connectivity index (χ2n) is 8.32. The number of aromatic nitrogens is 3. The Balaban J connectivity index is 1.32. The first-order valence-electron chi connectivity index (χ1n) is 10.7. The molecular formula is C22H26N4O3. The van der Waals surface area contributed by atoms with Crippen molar-refractivity contribution in [3.63, 3.8) is 0 Å². The number of likely N-dealkylation sites (tertiary alicyclic amines) is 1. The first kappa shape index (κ1) is 18.3. The van der Waals surface area contributed by atoms with Crippen molar-refractivity contribution in [2.45, 2.75) is 63.5 Å². The van der Waals surface area contributed by atoms with Crippen molar-refractivity contribution < 1.29 is 14.3 Å². The molecule has 2 aromatic rings. The number of ether oxygens (including phenoxy) is 1. The summed E-state index contributed by atoms with van der Waals surface area (Å²) in [6.45, 7) is 2.29. The van der Waals surface area contributed by atoms with Crippen molar-refractivity contribution in [1.29, 1.82) is 0 Å². The van der Waals surface area contributed by atoms with Gasteiger partial charge in [0.1, 0.15) is 11.6 Å². The van der Waals surface area contributed by atoms with E-state index in [2.05, 4.69) is 14.8 Å². The van der Waals surface area contributed by atoms with Crippen LogP contribution in [0.25, 0.3) is 0 Å². The summed E-state index contributed by atoms with van der Waals surface area (Å²) >= 11 is 0. The van der Waals surface area contributed by atoms with Gasteiger partial charge < -0.3 is 14.2 Å². The van der Waals surface area contributed by atoms with Gasteiger partial charge in [-0.2, -0.15) is 0 Å². The van der Waals surface area contributed by atoms with E-state index in [1.54, 1.807) is 6.07 Å². The normalized spacial score (nSPS) is 24.3. The fraction of sp³-hybridized carbons (Fsp3) is 0.545. The topological polar surface area (TPSA) is 77.3 Å². The molecule has 2 unspecified atom stereocenters. The summed E-state index contributed by atoms with van der Waals surface area (Å²) in [5.41, 5.74) is 1.46. The van der Waals surface area contributed by atoms with E-state index in [9.17, 15) is 9.59 Å². The number of benzene rings is 1. The van der Waals surface area contributed by atoms with Gasteiger partial charge in [0.05, 0.1) is 5.56 Å². The number of nitrogens with zero attached hydrogens (tertiary/aromatic N) is 4. The molecule has 4 heterocycles. The van der Waals surface area contributed by atoms with E-state index in [1.165, 1.54) is 12.8 Å². The van der Waals surface area contributed by atoms with Crippen LogP contribution >= 0.6 is 0 Å². The van der Waals surface area contributed by atoms with Crippen molar-refractivity contribution >= 4 is 11.9 Å². The van der Waals surface area contributed by atoms with Crippen LogP contribution < -0.4 is 0 Å². The maximum Gasteiger partial charge on any atom is 0.339 e. The number of rotatable bonds is 2. The van der Waals surface area contributed by atoms with E-state index >= 15 is 0 Å². The fourth-order valence-electron chi connectivity index (χ4n) is 4.87. The van der Waals surface area contributed by atoms with E-state index in [-0.39, 0.29) is 11.8 Å². The van der Waals surface area contributed by atoms with Gasteiger partial charge in [0.25, 0.3) is 5.91 Å². The smallest absolute Gasteiger partial charge is 0.339 e. The minimum atomic E-state index is -0.730. The molecule has 0 saturated carbocycles. The summed E-state index contributed by atoms with van der Waals surface area (Å²) < 4.78 is 7.78. The summed E-state index contributed by atoms with van der Waals surface area (Å²) in [6, 6.07) is 7.37. The van der Waals surface area contributed by atoms with Gasteiger partial charge in [-0.25, -0.2) is 4.79 Å². The zero-order valence-electron chi connectivity index (χ0n) is 16.5. The number of aryl methyl sites for hydroxylation is 1. The Bertz CT molecular complexity index is 938. The molecule has 2 atom stereocenters. The second kappa shape index (κ2) is 7.61. The van der Waals surface area contributed by atoms with Crippen LogP contribution in [0.5, 0.6) is 0 Å². The summed E-state index contributed by atoms with van der Waals surface area (Å²) in [7, 11) is 0. The number of hydrogen-bond donors (Lipinski definition) is 0. The molecule has 152 valence electrons. The van der Waals surface area contributed by atoms with Crippen LogP contribution in [0.1, 0.15) is 65.6 Å². The molecule has 1 amide bonds. The van der Waals surface area contributed by atoms with E-state index in [1.807, 2.05) is 23.1 Å². The molecule has 0 radical (unpaired) electrons. The first-order chi connectivity index (χ1) is 14.2. The molecule has 3 aliphatic heterocycles. The Morgan fingerprint density at radius 1 is 1.07 bits per heavy atom. The molecule has 29 heavy (non-hydrogen) atoms. The van der Waals surface area contributed by atoms with Gasteiger partial charge in [0.2, 0.25) is 0 Å². The van der Waals surface area contributed by atoms with Crippen LogP contribution in [0.2, 0.25) is 0 Å². The molecule has 1 fully saturated rings. The Morgan fingerprint density at radius 2 is 1.97 bits per heavy atom. The molecule has 3 aliphatic rings. The van der Waals surface area contributed by atoms with Gasteiger partial charge in [0.15, 0.2) is 6.10 Å². The monoisotopic (exact) mass is 394 g/mol. The lowest BCUT2D eigenvalue weighted by molar-refractivity contribution is -0.142. The molecule has 0 bridgehead atoms. The van der Waals surface area contributed by atoms with Crippen LogP contribution in [0, 0.1) is 0 Å². The number of hydrogen-bond acceptors (Lipinski definition) is 5. The quantitative estimate of drug-likeness (QED) is 0.732. The lowest BCUT2D eigenvalue weighted by atomic mass is 9.94. The van der Waals surface area contributed by atoms with Gasteiger partial charge in [-0.3, -0.25) is 4.79 Å². The molecular weight excluding hydrogens is 368 g/mol. The zero-order valence-corrected chi connectivity index (χ0v) is 16.5. The summed E-state index contributed by atoms with van der Waals surface area (Å²) in [6.07, 6.45) is 6.19. The van der Waals surface area contributed by atoms with Gasteiger partial charge >= 0.3 is 5.97 Å². The van der Waals surface area contributed by atoms with Gasteiger partial charge in [-0.15, -0.1) is 10.2 Å². The molecule has 0 N–H and O–H groups in total. The summed E-state index contributed by atoms with van der Waals surface area (Å²) in [5.74, 6) is 1.80. The van der Waals surface area contributed by atoms with Gasteiger partial charge in [-0.1, -0.05) is 24.6 Å². The van der Waals surface area contributed by atoms with Gasteiger partial charge in [0, 0.05) is 38.4 Å². The lowest BCUT2D eigenvalue weighted by Gasteiger charge is -2.35. The molecule has 7 heteroatoms. The summed E-state index contributed by atoms with van der Waals surface area (Å²) in [5, 5.41) is 8.93. The predicted octanol–water partition coefficient (Wildman–Crippen LogP) is 2.49. The largest absolute Gasteiger partial charge is 0.448 e. The Labute approximate surface area is 170 Å². The lowest BCUT2D eigenvalue weighted by Crippen LogP contribution is -2.48. The number of piperidine rings is 1. The standard InChI is InChI=1S/C22H26N4O3/c27-21(18-13-15-7-3-4-9-17(15)22(28)29-18)25-11-6-8-16(14-25)20-24-23-19-10-2-1-5-12-26(19)20/h3-4,7,9,16,18H,1-2,5-6,8,10-14H2. The van der Waals surface area contributed by atoms with Crippen molar-refractivity contribution in [2.75, 3.05) is 13.1 Å². The molecule has 1 saturated heterocycles. The second-order valence-corrected chi connectivity index (χ2v) is 8.32. The van der Waals surface area contributed by atoms with E-state index in [0.717, 1.165) is 49.4 Å². The van der Waals surface area contributed by atoms with Crippen molar-refractivity contribution in [1.82, 2.24) is 19.7 Å². The summed E-state index contributed by atoms with van der Waals surface area (Å²) in [4.78, 5) is 27.3. The SMILES string of the molecule is O=C1OC(C(=O)N2CCCC(c3nnc4n3CCCCC4)C2)Cc2ccccc21. The van der Waals surface area contributed by atoms with Crippen molar-refractivity contribution in [2.24, 2.45) is 0 Å². The van der Waals surface area contributed by atoms with Gasteiger partial charge in [-0.05, 0) is 37.3 Å². The van der Waals surface area contributed by atoms with Crippen molar-refractivity contribution in [3.05, 3.63) is 47.0 Å². The molecule has 0 aliphatic carbocycles. The highest BCUT2D eigenvalue weighted by Gasteiger charge is 2.36. The maximum atomic E-state index is 13.2. The number of amides is 1. The molecule has 0 spiro atoms. The minimum Gasteiger partial charge on any atom is -0.448 e. The molecule has 5 rings (SSSR count). The van der Waals surface area contributed by atoms with Crippen LogP contribution in [0.3, 0.4) is 0 Å². The number of cyclic esters (lactones) is 1. The molecule has 1 aromatic carbocycles. The molecule has 1 aromatic heterocycles. The van der Waals surface area contributed by atoms with Crippen LogP contribution in [-0.2, 0) is 28.9 Å². The number of carbonyl (C=O) groups is 2. The Hall–Kier alpha value is -2.70. The Morgan fingerprint density at radius 3 is 2.90 bits per heavy atom. The highest BCUT2D eigenvalue weighted by Crippen LogP contribution is 2.29. The van der Waals surface area contributed by atoms with Crippen LogP contribution in [-0.4, -0.2) is 50.7 Å². The van der Waals surface area contributed by atoms with E-state index in [0.29, 0.717) is 25.1 Å². The number of carbonyl (C=O) groups excluding carboxylic acids is 2. The third kappa shape index (κ3) is 3.43. The Kier molecular flexibility index (Phi) is 4.81. The first-order valence-corrected chi connectivity index (χ1v) is 10.7. The van der Waals surface area contributed by atoms with E-state index in [4.69, 9.17) is 4.74 Å². The average molecular weight is 394 g/mol. The third-order valence-electron chi connectivity index (χ3n) is 6.40. The average Bonchev–Trinajstić information content (AvgIpc) is 3.01. The third-order valence-corrected chi connectivity index (χ3v) is 6.40. The number of esters is 1. The van der Waals surface area contributed by atoms with E-state index < -0.39 is 12.1 Å². The molecule has 7 nitrogen and oxygen atoms in total. The van der Waals surface area contributed by atoms with Crippen molar-refractivity contribution in [3.8, 4) is 0 Å². The fourth-order valence-corrected chi connectivity index (χ4v) is 4.87.